The van der Waals surface area contributed by atoms with E-state index in [1.165, 1.54) is 6.20 Å². The fraction of sp³-hybridized carbons (Fsp3) is 0.444. The summed E-state index contributed by atoms with van der Waals surface area (Å²) < 4.78 is 41.0. The zero-order chi connectivity index (χ0) is 11.5. The van der Waals surface area contributed by atoms with Gasteiger partial charge in [0.1, 0.15) is 0 Å². The molecule has 2 nitrogen and oxygen atoms in total. The predicted molar refractivity (Wildman–Crippen MR) is 52.8 cm³/mol. The Labute approximate surface area is 93.6 Å². The topological polar surface area (TPSA) is 22.1 Å². The Kier molecular flexibility index (Phi) is 3.96. The van der Waals surface area contributed by atoms with E-state index in [1.54, 1.807) is 6.07 Å². The highest BCUT2D eigenvalue weighted by Crippen LogP contribution is 2.21. The highest BCUT2D eigenvalue weighted by atomic mass is 79.9. The fourth-order valence-electron chi connectivity index (χ4n) is 0.864. The van der Waals surface area contributed by atoms with Gasteiger partial charge in [0, 0.05) is 16.7 Å². The summed E-state index contributed by atoms with van der Waals surface area (Å²) in [4.78, 5) is 3.82. The molecule has 0 aliphatic rings. The lowest BCUT2D eigenvalue weighted by atomic mass is 10.3. The molecule has 84 valence electrons. The summed E-state index contributed by atoms with van der Waals surface area (Å²) in [6.07, 6.45) is -3.66. The standard InChI is InChI=1S/C9H9BrF3NO/c1-6-4-8(14-5-7(6)10)15-3-2-9(11,12)13/h4-5H,2-3H2,1H3. The summed E-state index contributed by atoms with van der Waals surface area (Å²) in [5, 5.41) is 0. The van der Waals surface area contributed by atoms with Crippen molar-refractivity contribution in [1.82, 2.24) is 4.98 Å². The van der Waals surface area contributed by atoms with Gasteiger partial charge >= 0.3 is 6.18 Å². The highest BCUT2D eigenvalue weighted by molar-refractivity contribution is 9.10. The first-order valence-corrected chi connectivity index (χ1v) is 4.99. The minimum absolute atomic E-state index is 0.208. The van der Waals surface area contributed by atoms with Crippen LogP contribution in [-0.2, 0) is 0 Å². The van der Waals surface area contributed by atoms with Gasteiger partial charge in [0.25, 0.3) is 0 Å². The number of pyridine rings is 1. The zero-order valence-electron chi connectivity index (χ0n) is 7.94. The second kappa shape index (κ2) is 4.83. The monoisotopic (exact) mass is 283 g/mol. The average Bonchev–Trinajstić information content (AvgIpc) is 2.09. The van der Waals surface area contributed by atoms with Gasteiger partial charge < -0.3 is 4.74 Å². The predicted octanol–water partition coefficient (Wildman–Crippen LogP) is 3.48. The van der Waals surface area contributed by atoms with Gasteiger partial charge in [-0.2, -0.15) is 13.2 Å². The van der Waals surface area contributed by atoms with Gasteiger partial charge in [-0.1, -0.05) is 0 Å². The quantitative estimate of drug-likeness (QED) is 0.847. The first-order valence-electron chi connectivity index (χ1n) is 4.20. The number of halogens is 4. The van der Waals surface area contributed by atoms with Gasteiger partial charge in [-0.25, -0.2) is 4.98 Å². The summed E-state index contributed by atoms with van der Waals surface area (Å²) in [5.41, 5.74) is 0.868. The molecule has 0 N–H and O–H groups in total. The number of aromatic nitrogens is 1. The third kappa shape index (κ3) is 4.51. The molecule has 0 fully saturated rings. The lowest BCUT2D eigenvalue weighted by Crippen LogP contribution is -2.13. The number of rotatable bonds is 3. The van der Waals surface area contributed by atoms with Gasteiger partial charge in [-0.3, -0.25) is 0 Å². The number of hydrogen-bond acceptors (Lipinski definition) is 2. The van der Waals surface area contributed by atoms with E-state index in [4.69, 9.17) is 4.74 Å². The molecule has 0 saturated heterocycles. The lowest BCUT2D eigenvalue weighted by molar-refractivity contribution is -0.139. The molecular weight excluding hydrogens is 275 g/mol. The second-order valence-corrected chi connectivity index (χ2v) is 3.84. The maximum atomic E-state index is 11.8. The SMILES string of the molecule is Cc1cc(OCCC(F)(F)F)ncc1Br. The van der Waals surface area contributed by atoms with E-state index in [-0.39, 0.29) is 5.88 Å². The Morgan fingerprint density at radius 1 is 1.47 bits per heavy atom. The van der Waals surface area contributed by atoms with E-state index < -0.39 is 19.2 Å². The third-order valence-electron chi connectivity index (χ3n) is 1.66. The lowest BCUT2D eigenvalue weighted by Gasteiger charge is -2.08. The molecule has 0 saturated carbocycles. The van der Waals surface area contributed by atoms with E-state index in [0.717, 1.165) is 10.0 Å². The molecule has 1 heterocycles. The fourth-order valence-corrected chi connectivity index (χ4v) is 1.08. The first kappa shape index (κ1) is 12.3. The Morgan fingerprint density at radius 3 is 2.67 bits per heavy atom. The summed E-state index contributed by atoms with van der Waals surface area (Å²) >= 11 is 3.23. The van der Waals surface area contributed by atoms with Crippen LogP contribution in [0.4, 0.5) is 13.2 Å². The van der Waals surface area contributed by atoms with E-state index >= 15 is 0 Å². The van der Waals surface area contributed by atoms with E-state index in [1.807, 2.05) is 6.92 Å². The van der Waals surface area contributed by atoms with Crippen LogP contribution < -0.4 is 4.74 Å². The van der Waals surface area contributed by atoms with Gasteiger partial charge in [-0.05, 0) is 28.4 Å². The van der Waals surface area contributed by atoms with Crippen LogP contribution in [0.3, 0.4) is 0 Å². The maximum Gasteiger partial charge on any atom is 0.392 e. The van der Waals surface area contributed by atoms with Crippen molar-refractivity contribution in [2.24, 2.45) is 0 Å². The minimum Gasteiger partial charge on any atom is -0.477 e. The van der Waals surface area contributed by atoms with Crippen LogP contribution in [0.1, 0.15) is 12.0 Å². The van der Waals surface area contributed by atoms with Crippen molar-refractivity contribution in [3.8, 4) is 5.88 Å². The summed E-state index contributed by atoms with van der Waals surface area (Å²) in [5.74, 6) is 0.208. The van der Waals surface area contributed by atoms with Crippen molar-refractivity contribution in [2.45, 2.75) is 19.5 Å². The van der Waals surface area contributed by atoms with E-state index in [0.29, 0.717) is 0 Å². The van der Waals surface area contributed by atoms with Crippen LogP contribution in [0.25, 0.3) is 0 Å². The van der Waals surface area contributed by atoms with Gasteiger partial charge in [0.05, 0.1) is 13.0 Å². The number of nitrogens with zero attached hydrogens (tertiary/aromatic N) is 1. The molecule has 1 aromatic heterocycles. The largest absolute Gasteiger partial charge is 0.477 e. The van der Waals surface area contributed by atoms with Crippen molar-refractivity contribution in [3.05, 3.63) is 22.3 Å². The number of alkyl halides is 3. The van der Waals surface area contributed by atoms with Crippen LogP contribution in [0.15, 0.2) is 16.7 Å². The Bertz CT molecular complexity index is 341. The normalized spacial score (nSPS) is 11.5. The third-order valence-corrected chi connectivity index (χ3v) is 2.49. The van der Waals surface area contributed by atoms with Crippen LogP contribution in [0.2, 0.25) is 0 Å². The molecule has 0 unspecified atom stereocenters. The molecule has 6 heteroatoms. The first-order chi connectivity index (χ1) is 6.88. The average molecular weight is 284 g/mol. The van der Waals surface area contributed by atoms with Crippen LogP contribution >= 0.6 is 15.9 Å². The maximum absolute atomic E-state index is 11.8. The molecule has 15 heavy (non-hydrogen) atoms. The summed E-state index contributed by atoms with van der Waals surface area (Å²) in [6.45, 7) is 1.40. The Morgan fingerprint density at radius 2 is 2.13 bits per heavy atom. The molecule has 1 aromatic rings. The molecule has 0 bridgehead atoms. The minimum atomic E-state index is -4.19. The van der Waals surface area contributed by atoms with Gasteiger partial charge in [-0.15, -0.1) is 0 Å². The number of ether oxygens (including phenoxy) is 1. The van der Waals surface area contributed by atoms with Crippen molar-refractivity contribution in [3.63, 3.8) is 0 Å². The molecule has 1 rings (SSSR count). The number of aryl methyl sites for hydroxylation is 1. The Balaban J connectivity index is 2.48. The van der Waals surface area contributed by atoms with Crippen molar-refractivity contribution in [2.75, 3.05) is 6.61 Å². The molecule has 0 aromatic carbocycles. The van der Waals surface area contributed by atoms with Crippen LogP contribution in [0.5, 0.6) is 5.88 Å². The molecule has 0 atom stereocenters. The molecule has 0 spiro atoms. The molecular formula is C9H9BrF3NO. The van der Waals surface area contributed by atoms with E-state index in [9.17, 15) is 13.2 Å². The molecule has 0 amide bonds. The van der Waals surface area contributed by atoms with E-state index in [2.05, 4.69) is 20.9 Å². The van der Waals surface area contributed by atoms with Crippen LogP contribution in [0, 0.1) is 6.92 Å². The van der Waals surface area contributed by atoms with Crippen LogP contribution in [-0.4, -0.2) is 17.8 Å². The molecule has 0 aliphatic carbocycles. The molecule has 0 aliphatic heterocycles. The Hall–Kier alpha value is -0.780. The van der Waals surface area contributed by atoms with Crippen molar-refractivity contribution >= 4 is 15.9 Å². The molecule has 0 radical (unpaired) electrons. The second-order valence-electron chi connectivity index (χ2n) is 2.99. The summed E-state index contributed by atoms with van der Waals surface area (Å²) in [6, 6.07) is 1.58. The van der Waals surface area contributed by atoms with Gasteiger partial charge in [0.2, 0.25) is 5.88 Å². The smallest absolute Gasteiger partial charge is 0.392 e. The van der Waals surface area contributed by atoms with Crippen molar-refractivity contribution in [1.29, 1.82) is 0 Å². The number of hydrogen-bond donors (Lipinski definition) is 0. The summed E-state index contributed by atoms with van der Waals surface area (Å²) in [7, 11) is 0. The van der Waals surface area contributed by atoms with Crippen molar-refractivity contribution < 1.29 is 17.9 Å². The highest BCUT2D eigenvalue weighted by Gasteiger charge is 2.26. The zero-order valence-corrected chi connectivity index (χ0v) is 9.52. The van der Waals surface area contributed by atoms with Gasteiger partial charge in [0.15, 0.2) is 0 Å².